The molecule has 4 radical (unpaired) electrons. The number of hydrogen-bond acceptors (Lipinski definition) is 1. The predicted octanol–water partition coefficient (Wildman–Crippen LogP) is 0.896. The van der Waals surface area contributed by atoms with Crippen molar-refractivity contribution in [2.24, 2.45) is 0 Å². The first-order chi connectivity index (χ1) is 3.41. The van der Waals surface area contributed by atoms with Crippen molar-refractivity contribution >= 4 is 52.5 Å². The molecule has 0 aliphatic heterocycles. The minimum atomic E-state index is 0. The molecule has 0 N–H and O–H groups in total. The van der Waals surface area contributed by atoms with Gasteiger partial charge in [-0.15, -0.1) is 0 Å². The number of rotatable bonds is 4. The van der Waals surface area contributed by atoms with E-state index < -0.39 is 0 Å². The van der Waals surface area contributed by atoms with E-state index in [1.54, 1.807) is 0 Å². The summed E-state index contributed by atoms with van der Waals surface area (Å²) in [5.74, 6) is 0. The summed E-state index contributed by atoms with van der Waals surface area (Å²) in [6, 6.07) is 0. The zero-order chi connectivity index (χ0) is 5.54. The Morgan fingerprint density at radius 3 is 2.38 bits per heavy atom. The van der Waals surface area contributed by atoms with Gasteiger partial charge in [0.05, 0.1) is 0 Å². The molecule has 0 spiro atoms. The molecule has 0 unspecified atom stereocenters. The van der Waals surface area contributed by atoms with Crippen molar-refractivity contribution in [1.29, 1.82) is 0 Å². The Kier molecular flexibility index (Phi) is 17.9. The molecular weight excluding hydrogens is 218 g/mol. The van der Waals surface area contributed by atoms with Crippen LogP contribution in [0.4, 0.5) is 0 Å². The summed E-state index contributed by atoms with van der Waals surface area (Å²) in [5.41, 5.74) is 0. The van der Waals surface area contributed by atoms with Gasteiger partial charge in [0.25, 0.3) is 0 Å². The monoisotopic (exact) mass is 230 g/mol. The van der Waals surface area contributed by atoms with Crippen LogP contribution in [-0.4, -0.2) is 59.1 Å². The molecule has 0 saturated carbocycles. The SMILES string of the molecule is CCCCC[O][Sn].[Na]. The Morgan fingerprint density at radius 2 is 2.00 bits per heavy atom. The molecule has 0 aliphatic carbocycles. The maximum Gasteiger partial charge on any atom is 0 e. The third-order valence-electron chi connectivity index (χ3n) is 0.850. The van der Waals surface area contributed by atoms with Crippen molar-refractivity contribution in [2.45, 2.75) is 26.2 Å². The standard InChI is InChI=1S/C5H11O.Na.Sn/c1-2-3-4-5-6;;/h2-5H2,1H3;;/q-1;;+1. The summed E-state index contributed by atoms with van der Waals surface area (Å²) in [5, 5.41) is 0. The van der Waals surface area contributed by atoms with Crippen LogP contribution >= 0.6 is 0 Å². The third-order valence-corrected chi connectivity index (χ3v) is 1.43. The Hall–Kier alpha value is 1.76. The fraction of sp³-hybridized carbons (Fsp3) is 1.00. The quantitative estimate of drug-likeness (QED) is 0.513. The van der Waals surface area contributed by atoms with Gasteiger partial charge in [-0.1, -0.05) is 0 Å². The van der Waals surface area contributed by atoms with Gasteiger partial charge in [-0.2, -0.15) is 0 Å². The fourth-order valence-corrected chi connectivity index (χ4v) is 0.836. The normalized spacial score (nSPS) is 8.25. The van der Waals surface area contributed by atoms with Gasteiger partial charge in [-0.25, -0.2) is 0 Å². The topological polar surface area (TPSA) is 9.23 Å². The van der Waals surface area contributed by atoms with Crippen LogP contribution in [0.15, 0.2) is 0 Å². The van der Waals surface area contributed by atoms with Crippen LogP contribution in [0.25, 0.3) is 0 Å². The van der Waals surface area contributed by atoms with Gasteiger partial charge in [0, 0.05) is 29.6 Å². The van der Waals surface area contributed by atoms with Crippen LogP contribution in [0.5, 0.6) is 0 Å². The molecule has 0 aliphatic rings. The molecule has 0 aromatic carbocycles. The molecule has 0 aromatic heterocycles. The minimum Gasteiger partial charge on any atom is 0 e. The molecule has 0 saturated heterocycles. The van der Waals surface area contributed by atoms with Crippen molar-refractivity contribution in [3.63, 3.8) is 0 Å². The third kappa shape index (κ3) is 10.7. The largest absolute Gasteiger partial charge is 0 e. The summed E-state index contributed by atoms with van der Waals surface area (Å²) in [6.45, 7) is 3.16. The molecule has 8 heavy (non-hydrogen) atoms. The van der Waals surface area contributed by atoms with E-state index in [9.17, 15) is 0 Å². The Bertz CT molecular complexity index is 31.6. The van der Waals surface area contributed by atoms with Crippen LogP contribution < -0.4 is 0 Å². The number of unbranched alkanes of at least 4 members (excludes halogenated alkanes) is 2. The van der Waals surface area contributed by atoms with Crippen LogP contribution in [0.1, 0.15) is 26.2 Å². The first-order valence-electron chi connectivity index (χ1n) is 2.70. The van der Waals surface area contributed by atoms with Crippen molar-refractivity contribution in [3.8, 4) is 0 Å². The summed E-state index contributed by atoms with van der Waals surface area (Å²) < 4.78 is 4.93. The van der Waals surface area contributed by atoms with Gasteiger partial charge in [-0.05, 0) is 0 Å². The maximum atomic E-state index is 4.93. The summed E-state index contributed by atoms with van der Waals surface area (Å²) in [4.78, 5) is 0. The second-order valence-electron chi connectivity index (χ2n) is 1.56. The van der Waals surface area contributed by atoms with E-state index in [-0.39, 0.29) is 29.6 Å². The van der Waals surface area contributed by atoms with Crippen LogP contribution in [0, 0.1) is 0 Å². The predicted molar refractivity (Wildman–Crippen MR) is 37.0 cm³/mol. The van der Waals surface area contributed by atoms with E-state index in [1.165, 1.54) is 42.2 Å². The summed E-state index contributed by atoms with van der Waals surface area (Å²) in [7, 11) is 0. The van der Waals surface area contributed by atoms with E-state index in [1.807, 2.05) is 0 Å². The van der Waals surface area contributed by atoms with Crippen molar-refractivity contribution in [2.75, 3.05) is 6.61 Å². The summed E-state index contributed by atoms with van der Waals surface area (Å²) in [6.07, 6.45) is 3.84. The van der Waals surface area contributed by atoms with E-state index in [0.717, 1.165) is 6.61 Å². The van der Waals surface area contributed by atoms with E-state index in [2.05, 4.69) is 6.92 Å². The van der Waals surface area contributed by atoms with E-state index in [4.69, 9.17) is 3.07 Å². The molecule has 1 nitrogen and oxygen atoms in total. The van der Waals surface area contributed by atoms with E-state index in [0.29, 0.717) is 0 Å². The van der Waals surface area contributed by atoms with Gasteiger partial charge in [0.2, 0.25) is 0 Å². The molecule has 42 valence electrons. The second kappa shape index (κ2) is 11.5. The van der Waals surface area contributed by atoms with Gasteiger partial charge < -0.3 is 0 Å². The minimum absolute atomic E-state index is 0. The van der Waals surface area contributed by atoms with Gasteiger partial charge in [0.1, 0.15) is 0 Å². The molecular formula is C5H11NaOSn. The van der Waals surface area contributed by atoms with Crippen LogP contribution in [0.3, 0.4) is 0 Å². The second-order valence-corrected chi connectivity index (χ2v) is 2.38. The molecule has 0 atom stereocenters. The van der Waals surface area contributed by atoms with Crippen LogP contribution in [-0.2, 0) is 3.07 Å². The molecule has 3 heteroatoms. The van der Waals surface area contributed by atoms with E-state index >= 15 is 0 Å². The van der Waals surface area contributed by atoms with Gasteiger partial charge in [-0.3, -0.25) is 0 Å². The molecule has 0 heterocycles. The maximum absolute atomic E-state index is 4.93. The summed E-state index contributed by atoms with van der Waals surface area (Å²) >= 11 is 1.20. The van der Waals surface area contributed by atoms with Gasteiger partial charge in [0.15, 0.2) is 0 Å². The molecule has 0 rings (SSSR count). The van der Waals surface area contributed by atoms with Crippen molar-refractivity contribution < 1.29 is 3.07 Å². The first kappa shape index (κ1) is 12.4. The van der Waals surface area contributed by atoms with Gasteiger partial charge >= 0.3 is 58.8 Å². The van der Waals surface area contributed by atoms with Crippen LogP contribution in [0.2, 0.25) is 0 Å². The Labute approximate surface area is 87.5 Å². The number of hydrogen-bond donors (Lipinski definition) is 0. The average Bonchev–Trinajstić information content (AvgIpc) is 1.69. The smallest absolute Gasteiger partial charge is 0 e. The molecule has 0 fully saturated rings. The zero-order valence-electron chi connectivity index (χ0n) is 5.74. The van der Waals surface area contributed by atoms with Crippen molar-refractivity contribution in [3.05, 3.63) is 0 Å². The molecule has 0 amide bonds. The Balaban J connectivity index is 0. The Morgan fingerprint density at radius 1 is 1.38 bits per heavy atom. The molecule has 0 bridgehead atoms. The fourth-order valence-electron chi connectivity index (χ4n) is 0.424. The van der Waals surface area contributed by atoms with Crippen molar-refractivity contribution in [1.82, 2.24) is 0 Å². The zero-order valence-corrected chi connectivity index (χ0v) is 10.6. The molecule has 0 aromatic rings. The first-order valence-corrected chi connectivity index (χ1v) is 3.87. The average molecular weight is 229 g/mol.